The standard InChI is InChI=1S/C15H18F6N2O3S/c1-4-11(5-2)26-22-9(3)12-7-6-10(14(16,17)18)8-13(12)23-27(24,25)15(19,20)21/h6-8,11,23H,4-5H2,1-3H3. The fraction of sp³-hybridized carbons (Fsp3) is 0.533. The summed E-state index contributed by atoms with van der Waals surface area (Å²) in [6.45, 7) is 4.89. The average molecular weight is 420 g/mol. The molecule has 0 saturated heterocycles. The number of rotatable bonds is 7. The third-order valence-electron chi connectivity index (χ3n) is 3.54. The molecule has 0 aromatic heterocycles. The highest BCUT2D eigenvalue weighted by Gasteiger charge is 2.46. The van der Waals surface area contributed by atoms with E-state index in [0.717, 1.165) is 10.8 Å². The summed E-state index contributed by atoms with van der Waals surface area (Å²) < 4.78 is 100. The predicted octanol–water partition coefficient (Wildman–Crippen LogP) is 4.90. The second-order valence-electron chi connectivity index (χ2n) is 5.53. The molecule has 0 aliphatic rings. The summed E-state index contributed by atoms with van der Waals surface area (Å²) in [5.41, 5.74) is -8.29. The quantitative estimate of drug-likeness (QED) is 0.388. The zero-order chi connectivity index (χ0) is 21.0. The molecule has 0 saturated carbocycles. The summed E-state index contributed by atoms with van der Waals surface area (Å²) >= 11 is 0. The minimum absolute atomic E-state index is 0.0875. The molecule has 0 spiro atoms. The second-order valence-corrected chi connectivity index (χ2v) is 7.20. The zero-order valence-corrected chi connectivity index (χ0v) is 15.4. The van der Waals surface area contributed by atoms with Crippen LogP contribution < -0.4 is 4.72 Å². The number of alkyl halides is 6. The Hall–Kier alpha value is -1.98. The average Bonchev–Trinajstić information content (AvgIpc) is 2.53. The third-order valence-corrected chi connectivity index (χ3v) is 4.63. The number of hydrogen-bond donors (Lipinski definition) is 1. The Morgan fingerprint density at radius 3 is 2.15 bits per heavy atom. The van der Waals surface area contributed by atoms with Crippen LogP contribution >= 0.6 is 0 Å². The van der Waals surface area contributed by atoms with Gasteiger partial charge in [-0.1, -0.05) is 25.1 Å². The van der Waals surface area contributed by atoms with Gasteiger partial charge in [0.1, 0.15) is 6.10 Å². The van der Waals surface area contributed by atoms with Crippen molar-refractivity contribution in [2.24, 2.45) is 5.16 Å². The van der Waals surface area contributed by atoms with Gasteiger partial charge in [0.2, 0.25) is 0 Å². The van der Waals surface area contributed by atoms with Crippen molar-refractivity contribution < 1.29 is 39.6 Å². The molecule has 0 aliphatic heterocycles. The molecular weight excluding hydrogens is 402 g/mol. The van der Waals surface area contributed by atoms with Crippen LogP contribution in [-0.4, -0.2) is 25.7 Å². The Morgan fingerprint density at radius 1 is 1.15 bits per heavy atom. The minimum Gasteiger partial charge on any atom is -0.392 e. The van der Waals surface area contributed by atoms with Gasteiger partial charge in [0.05, 0.1) is 17.0 Å². The third kappa shape index (κ3) is 6.01. The molecule has 0 heterocycles. The van der Waals surface area contributed by atoms with Crippen LogP contribution in [0.1, 0.15) is 44.7 Å². The van der Waals surface area contributed by atoms with Gasteiger partial charge < -0.3 is 4.84 Å². The van der Waals surface area contributed by atoms with Crippen LogP contribution in [0, 0.1) is 0 Å². The van der Waals surface area contributed by atoms with Gasteiger partial charge in [-0.05, 0) is 31.9 Å². The van der Waals surface area contributed by atoms with Crippen LogP contribution in [0.5, 0.6) is 0 Å². The molecule has 1 aromatic carbocycles. The highest BCUT2D eigenvalue weighted by molar-refractivity contribution is 7.93. The fourth-order valence-electron chi connectivity index (χ4n) is 1.96. The maximum absolute atomic E-state index is 12.9. The van der Waals surface area contributed by atoms with Gasteiger partial charge in [0.25, 0.3) is 0 Å². The molecule has 0 fully saturated rings. The fourth-order valence-corrected chi connectivity index (χ4v) is 2.54. The van der Waals surface area contributed by atoms with Crippen molar-refractivity contribution in [3.05, 3.63) is 29.3 Å². The highest BCUT2D eigenvalue weighted by atomic mass is 32.2. The van der Waals surface area contributed by atoms with E-state index in [-0.39, 0.29) is 23.4 Å². The summed E-state index contributed by atoms with van der Waals surface area (Å²) in [4.78, 5) is 5.17. The second kappa shape index (κ2) is 8.36. The highest BCUT2D eigenvalue weighted by Crippen LogP contribution is 2.34. The molecule has 1 N–H and O–H groups in total. The van der Waals surface area contributed by atoms with E-state index in [4.69, 9.17) is 4.84 Å². The number of nitrogens with zero attached hydrogens (tertiary/aromatic N) is 1. The Balaban J connectivity index is 3.41. The molecule has 5 nitrogen and oxygen atoms in total. The zero-order valence-electron chi connectivity index (χ0n) is 14.6. The number of hydrogen-bond acceptors (Lipinski definition) is 4. The van der Waals surface area contributed by atoms with Crippen molar-refractivity contribution in [3.63, 3.8) is 0 Å². The number of sulfonamides is 1. The molecule has 0 radical (unpaired) electrons. The van der Waals surface area contributed by atoms with Gasteiger partial charge in [-0.15, -0.1) is 0 Å². The van der Waals surface area contributed by atoms with E-state index in [1.165, 1.54) is 6.92 Å². The molecule has 1 aromatic rings. The Kier molecular flexibility index (Phi) is 7.14. The lowest BCUT2D eigenvalue weighted by molar-refractivity contribution is -0.137. The summed E-state index contributed by atoms with van der Waals surface area (Å²) in [6.07, 6.45) is -4.03. The molecule has 27 heavy (non-hydrogen) atoms. The number of benzene rings is 1. The van der Waals surface area contributed by atoms with Crippen LogP contribution in [0.3, 0.4) is 0 Å². The van der Waals surface area contributed by atoms with E-state index in [1.807, 2.05) is 0 Å². The van der Waals surface area contributed by atoms with Crippen molar-refractivity contribution in [2.45, 2.75) is 51.4 Å². The number of halogens is 6. The van der Waals surface area contributed by atoms with Crippen molar-refractivity contribution in [1.82, 2.24) is 0 Å². The van der Waals surface area contributed by atoms with Crippen molar-refractivity contribution in [3.8, 4) is 0 Å². The molecule has 0 atom stereocenters. The van der Waals surface area contributed by atoms with Gasteiger partial charge in [-0.2, -0.15) is 34.8 Å². The number of anilines is 1. The van der Waals surface area contributed by atoms with Gasteiger partial charge in [0.15, 0.2) is 0 Å². The lowest BCUT2D eigenvalue weighted by Gasteiger charge is -2.17. The molecule has 0 bridgehead atoms. The first-order chi connectivity index (χ1) is 12.2. The number of nitrogens with one attached hydrogen (secondary N) is 1. The number of oxime groups is 1. The van der Waals surface area contributed by atoms with E-state index >= 15 is 0 Å². The molecule has 0 unspecified atom stereocenters. The first-order valence-electron chi connectivity index (χ1n) is 7.74. The summed E-state index contributed by atoms with van der Waals surface area (Å²) in [5, 5.41) is 3.70. The monoisotopic (exact) mass is 420 g/mol. The van der Waals surface area contributed by atoms with Crippen LogP contribution in [0.4, 0.5) is 32.0 Å². The lowest BCUT2D eigenvalue weighted by atomic mass is 10.1. The molecule has 0 amide bonds. The van der Waals surface area contributed by atoms with Crippen LogP contribution in [0.2, 0.25) is 0 Å². The smallest absolute Gasteiger partial charge is 0.392 e. The van der Waals surface area contributed by atoms with Crippen LogP contribution in [0.15, 0.2) is 23.4 Å². The van der Waals surface area contributed by atoms with Crippen molar-refractivity contribution in [2.75, 3.05) is 4.72 Å². The first kappa shape index (κ1) is 23.1. The SMILES string of the molecule is CCC(CC)ON=C(C)c1ccc(C(F)(F)F)cc1NS(=O)(=O)C(F)(F)F. The van der Waals surface area contributed by atoms with E-state index in [9.17, 15) is 34.8 Å². The summed E-state index contributed by atoms with van der Waals surface area (Å²) in [7, 11) is -5.92. The van der Waals surface area contributed by atoms with E-state index < -0.39 is 33.0 Å². The maximum atomic E-state index is 12.9. The van der Waals surface area contributed by atoms with Crippen molar-refractivity contribution >= 4 is 21.4 Å². The van der Waals surface area contributed by atoms with Gasteiger partial charge >= 0.3 is 21.7 Å². The van der Waals surface area contributed by atoms with Crippen LogP contribution in [0.25, 0.3) is 0 Å². The van der Waals surface area contributed by atoms with E-state index in [0.29, 0.717) is 18.9 Å². The normalized spacial score (nSPS) is 13.8. The summed E-state index contributed by atoms with van der Waals surface area (Å²) in [6, 6.07) is 1.71. The van der Waals surface area contributed by atoms with Gasteiger partial charge in [-0.3, -0.25) is 4.72 Å². The molecule has 0 aliphatic carbocycles. The Morgan fingerprint density at radius 2 is 1.70 bits per heavy atom. The molecule has 12 heteroatoms. The largest absolute Gasteiger partial charge is 0.516 e. The molecule has 1 rings (SSSR count). The Labute approximate surface area is 152 Å². The van der Waals surface area contributed by atoms with Crippen molar-refractivity contribution in [1.29, 1.82) is 0 Å². The van der Waals surface area contributed by atoms with Gasteiger partial charge in [0, 0.05) is 5.56 Å². The predicted molar refractivity (Wildman–Crippen MR) is 87.7 cm³/mol. The lowest BCUT2D eigenvalue weighted by Crippen LogP contribution is -2.30. The maximum Gasteiger partial charge on any atom is 0.516 e. The van der Waals surface area contributed by atoms with Crippen LogP contribution in [-0.2, 0) is 21.0 Å². The molecular formula is C15H18F6N2O3S. The van der Waals surface area contributed by atoms with E-state index in [1.54, 1.807) is 13.8 Å². The Bertz CT molecular complexity index is 784. The van der Waals surface area contributed by atoms with E-state index in [2.05, 4.69) is 5.16 Å². The first-order valence-corrected chi connectivity index (χ1v) is 9.22. The topological polar surface area (TPSA) is 67.8 Å². The van der Waals surface area contributed by atoms with Gasteiger partial charge in [-0.25, -0.2) is 0 Å². The summed E-state index contributed by atoms with van der Waals surface area (Å²) in [5.74, 6) is 0. The minimum atomic E-state index is -5.92. The molecule has 154 valence electrons.